The fourth-order valence-corrected chi connectivity index (χ4v) is 0.343. The van der Waals surface area contributed by atoms with E-state index in [4.69, 9.17) is 5.21 Å². The number of hydrogen-bond donors (Lipinski definition) is 1. The van der Waals surface area contributed by atoms with Gasteiger partial charge in [-0.05, 0) is 19.9 Å². The van der Waals surface area contributed by atoms with Gasteiger partial charge in [-0.25, -0.2) is 0 Å². The molecule has 2 nitrogen and oxygen atoms in total. The van der Waals surface area contributed by atoms with Crippen molar-refractivity contribution in [2.75, 3.05) is 7.05 Å². The first-order valence-corrected chi connectivity index (χ1v) is 2.90. The van der Waals surface area contributed by atoms with Crippen LogP contribution in [0.25, 0.3) is 0 Å². The van der Waals surface area contributed by atoms with E-state index in [1.165, 1.54) is 0 Å². The smallest absolute Gasteiger partial charge is 0.0373 e. The fourth-order valence-electron chi connectivity index (χ4n) is 0.343. The maximum Gasteiger partial charge on any atom is 0.0373 e. The van der Waals surface area contributed by atoms with Gasteiger partial charge in [0.25, 0.3) is 0 Å². The molecule has 0 aliphatic carbocycles. The lowest BCUT2D eigenvalue weighted by molar-refractivity contribution is -0.0277. The highest BCUT2D eigenvalue weighted by molar-refractivity contribution is 5.06. The molecular weight excluding hydrogens is 114 g/mol. The third-order valence-electron chi connectivity index (χ3n) is 1.04. The molecular formula is C7H13NO. The second-order valence-electron chi connectivity index (χ2n) is 1.86. The maximum absolute atomic E-state index is 8.78. The van der Waals surface area contributed by atoms with E-state index in [1.54, 1.807) is 7.05 Å². The highest BCUT2D eigenvalue weighted by atomic mass is 16.5. The molecule has 0 saturated heterocycles. The summed E-state index contributed by atoms with van der Waals surface area (Å²) in [6, 6.07) is 0. The molecule has 0 atom stereocenters. The van der Waals surface area contributed by atoms with Gasteiger partial charge in [-0.3, -0.25) is 10.3 Å². The average Bonchev–Trinajstić information content (AvgIpc) is 1.82. The van der Waals surface area contributed by atoms with Crippen molar-refractivity contribution >= 4 is 0 Å². The van der Waals surface area contributed by atoms with E-state index in [9.17, 15) is 0 Å². The van der Waals surface area contributed by atoms with Gasteiger partial charge >= 0.3 is 0 Å². The standard InChI is InChI=1S/C7H13NO/c1-4-5-6-7(2)8(3)9/h4-6,9H,1-3H3/b5-4-,7-6+. The number of hydroxylamine groups is 2. The van der Waals surface area contributed by atoms with E-state index in [0.717, 1.165) is 10.8 Å². The van der Waals surface area contributed by atoms with Crippen LogP contribution in [0.4, 0.5) is 0 Å². The summed E-state index contributed by atoms with van der Waals surface area (Å²) in [5, 5.41) is 9.86. The molecule has 0 fully saturated rings. The molecule has 0 aromatic heterocycles. The van der Waals surface area contributed by atoms with Crippen LogP contribution in [0.3, 0.4) is 0 Å². The normalized spacial score (nSPS) is 12.7. The van der Waals surface area contributed by atoms with E-state index in [0.29, 0.717) is 0 Å². The topological polar surface area (TPSA) is 23.5 Å². The van der Waals surface area contributed by atoms with Crippen molar-refractivity contribution in [1.82, 2.24) is 5.06 Å². The first-order chi connectivity index (χ1) is 4.18. The predicted octanol–water partition coefficient (Wildman–Crippen LogP) is 1.79. The summed E-state index contributed by atoms with van der Waals surface area (Å²) in [7, 11) is 1.59. The summed E-state index contributed by atoms with van der Waals surface area (Å²) < 4.78 is 0. The van der Waals surface area contributed by atoms with Gasteiger partial charge in [0.1, 0.15) is 0 Å². The number of nitrogens with zero attached hydrogens (tertiary/aromatic N) is 1. The summed E-state index contributed by atoms with van der Waals surface area (Å²) in [6.45, 7) is 3.77. The summed E-state index contributed by atoms with van der Waals surface area (Å²) in [5.74, 6) is 0. The molecule has 2 heteroatoms. The van der Waals surface area contributed by atoms with Crippen molar-refractivity contribution in [1.29, 1.82) is 0 Å². The van der Waals surface area contributed by atoms with Gasteiger partial charge in [-0.2, -0.15) is 0 Å². The van der Waals surface area contributed by atoms with Gasteiger partial charge in [-0.1, -0.05) is 12.2 Å². The van der Waals surface area contributed by atoms with Crippen molar-refractivity contribution in [3.8, 4) is 0 Å². The molecule has 0 spiro atoms. The number of hydrogen-bond acceptors (Lipinski definition) is 2. The first kappa shape index (κ1) is 8.24. The lowest BCUT2D eigenvalue weighted by Gasteiger charge is -2.08. The minimum atomic E-state index is 0.827. The van der Waals surface area contributed by atoms with Crippen molar-refractivity contribution < 1.29 is 5.21 Å². The van der Waals surface area contributed by atoms with Gasteiger partial charge in [0.2, 0.25) is 0 Å². The zero-order valence-electron chi connectivity index (χ0n) is 6.13. The molecule has 0 aliphatic heterocycles. The predicted molar refractivity (Wildman–Crippen MR) is 38.1 cm³/mol. The molecule has 0 aromatic rings. The Labute approximate surface area is 56.1 Å². The monoisotopic (exact) mass is 127 g/mol. The van der Waals surface area contributed by atoms with Crippen LogP contribution < -0.4 is 0 Å². The zero-order valence-corrected chi connectivity index (χ0v) is 6.13. The van der Waals surface area contributed by atoms with E-state index in [-0.39, 0.29) is 0 Å². The molecule has 52 valence electrons. The Morgan fingerprint density at radius 2 is 2.11 bits per heavy atom. The minimum Gasteiger partial charge on any atom is -0.289 e. The molecule has 0 saturated carbocycles. The van der Waals surface area contributed by atoms with E-state index in [2.05, 4.69) is 0 Å². The Hall–Kier alpha value is -0.760. The third-order valence-corrected chi connectivity index (χ3v) is 1.04. The summed E-state index contributed by atoms with van der Waals surface area (Å²) >= 11 is 0. The van der Waals surface area contributed by atoms with E-state index < -0.39 is 0 Å². The largest absolute Gasteiger partial charge is 0.289 e. The highest BCUT2D eigenvalue weighted by Crippen LogP contribution is 1.94. The molecule has 0 rings (SSSR count). The number of rotatable bonds is 2. The second kappa shape index (κ2) is 4.15. The molecule has 0 radical (unpaired) electrons. The first-order valence-electron chi connectivity index (χ1n) is 2.90. The molecule has 0 aromatic carbocycles. The quantitative estimate of drug-likeness (QED) is 0.451. The van der Waals surface area contributed by atoms with Crippen LogP contribution in [0.15, 0.2) is 23.9 Å². The highest BCUT2D eigenvalue weighted by Gasteiger charge is 1.86. The summed E-state index contributed by atoms with van der Waals surface area (Å²) in [6.07, 6.45) is 5.62. The molecule has 0 amide bonds. The third kappa shape index (κ3) is 3.79. The van der Waals surface area contributed by atoms with Crippen LogP contribution in [-0.4, -0.2) is 17.3 Å². The Balaban J connectivity index is 3.84. The van der Waals surface area contributed by atoms with Crippen LogP contribution in [0.2, 0.25) is 0 Å². The van der Waals surface area contributed by atoms with Crippen LogP contribution in [-0.2, 0) is 0 Å². The van der Waals surface area contributed by atoms with E-state index in [1.807, 2.05) is 32.1 Å². The molecule has 0 bridgehead atoms. The van der Waals surface area contributed by atoms with Crippen LogP contribution in [0.5, 0.6) is 0 Å². The van der Waals surface area contributed by atoms with Gasteiger partial charge in [0.15, 0.2) is 0 Å². The molecule has 9 heavy (non-hydrogen) atoms. The molecule has 0 aliphatic rings. The second-order valence-corrected chi connectivity index (χ2v) is 1.86. The van der Waals surface area contributed by atoms with Crippen LogP contribution in [0, 0.1) is 0 Å². The van der Waals surface area contributed by atoms with Gasteiger partial charge in [0, 0.05) is 12.7 Å². The average molecular weight is 127 g/mol. The summed E-state index contributed by atoms with van der Waals surface area (Å²) in [5.41, 5.74) is 0.827. The Morgan fingerprint density at radius 1 is 1.56 bits per heavy atom. The van der Waals surface area contributed by atoms with Crippen molar-refractivity contribution in [2.24, 2.45) is 0 Å². The lowest BCUT2D eigenvalue weighted by Crippen LogP contribution is -2.08. The Bertz CT molecular complexity index is 125. The molecule has 0 heterocycles. The molecule has 1 N–H and O–H groups in total. The van der Waals surface area contributed by atoms with Gasteiger partial charge in [-0.15, -0.1) is 0 Å². The lowest BCUT2D eigenvalue weighted by atomic mass is 10.4. The van der Waals surface area contributed by atoms with Crippen LogP contribution >= 0.6 is 0 Å². The fraction of sp³-hybridized carbons (Fsp3) is 0.429. The molecule has 0 unspecified atom stereocenters. The SMILES string of the molecule is C/C=C\C=C(/C)N(C)O. The maximum atomic E-state index is 8.78. The summed E-state index contributed by atoms with van der Waals surface area (Å²) in [4.78, 5) is 0. The van der Waals surface area contributed by atoms with Crippen molar-refractivity contribution in [3.63, 3.8) is 0 Å². The van der Waals surface area contributed by atoms with Crippen molar-refractivity contribution in [2.45, 2.75) is 13.8 Å². The number of allylic oxidation sites excluding steroid dienone is 4. The Morgan fingerprint density at radius 3 is 2.44 bits per heavy atom. The van der Waals surface area contributed by atoms with Crippen LogP contribution in [0.1, 0.15) is 13.8 Å². The Kier molecular flexibility index (Phi) is 3.80. The van der Waals surface area contributed by atoms with Gasteiger partial charge in [0.05, 0.1) is 0 Å². The van der Waals surface area contributed by atoms with Crippen molar-refractivity contribution in [3.05, 3.63) is 23.9 Å². The zero-order chi connectivity index (χ0) is 7.28. The van der Waals surface area contributed by atoms with E-state index >= 15 is 0 Å². The van der Waals surface area contributed by atoms with Gasteiger partial charge < -0.3 is 0 Å². The minimum absolute atomic E-state index is 0.827.